The molecule has 1 fully saturated rings. The van der Waals surface area contributed by atoms with E-state index in [1.54, 1.807) is 31.4 Å². The molecule has 6 heteroatoms. The minimum Gasteiger partial charge on any atom is -0.507 e. The number of rotatable bonds is 6. The highest BCUT2D eigenvalue weighted by Crippen LogP contribution is 2.40. The number of hydrogen-bond acceptors (Lipinski definition) is 4. The average Bonchev–Trinajstić information content (AvgIpc) is 2.93. The second-order valence-corrected chi connectivity index (χ2v) is 7.14. The van der Waals surface area contributed by atoms with Gasteiger partial charge in [-0.2, -0.15) is 0 Å². The molecule has 0 saturated carbocycles. The lowest BCUT2D eigenvalue weighted by molar-refractivity contribution is -0.140. The molecule has 0 aliphatic carbocycles. The van der Waals surface area contributed by atoms with Gasteiger partial charge < -0.3 is 14.7 Å². The molecular formula is C22H22ClNO4. The highest BCUT2D eigenvalue weighted by atomic mass is 35.5. The Kier molecular flexibility index (Phi) is 6.17. The smallest absolute Gasteiger partial charge is 0.295 e. The summed E-state index contributed by atoms with van der Waals surface area (Å²) >= 11 is 6.04. The molecule has 0 aromatic heterocycles. The number of likely N-dealkylation sites (tertiary alicyclic amines) is 1. The number of benzene rings is 2. The van der Waals surface area contributed by atoms with Gasteiger partial charge >= 0.3 is 0 Å². The van der Waals surface area contributed by atoms with Gasteiger partial charge in [0.15, 0.2) is 0 Å². The van der Waals surface area contributed by atoms with E-state index in [-0.39, 0.29) is 11.3 Å². The van der Waals surface area contributed by atoms with E-state index >= 15 is 0 Å². The number of nitrogens with zero attached hydrogens (tertiary/aromatic N) is 1. The van der Waals surface area contributed by atoms with Crippen molar-refractivity contribution in [2.75, 3.05) is 20.3 Å². The van der Waals surface area contributed by atoms with Gasteiger partial charge in [0.1, 0.15) is 5.76 Å². The van der Waals surface area contributed by atoms with Crippen LogP contribution in [0.3, 0.4) is 0 Å². The quantitative estimate of drug-likeness (QED) is 0.343. The first-order chi connectivity index (χ1) is 13.5. The first kappa shape index (κ1) is 20.1. The molecule has 1 N–H and O–H groups in total. The van der Waals surface area contributed by atoms with Crippen molar-refractivity contribution < 1.29 is 19.4 Å². The van der Waals surface area contributed by atoms with Gasteiger partial charge in [0.2, 0.25) is 0 Å². The van der Waals surface area contributed by atoms with Gasteiger partial charge in [-0.25, -0.2) is 0 Å². The van der Waals surface area contributed by atoms with Gasteiger partial charge in [-0.15, -0.1) is 0 Å². The van der Waals surface area contributed by atoms with Crippen LogP contribution < -0.4 is 0 Å². The maximum atomic E-state index is 12.9. The SMILES string of the molecule is COCCCN1C(=O)C(=O)/C(=C(/O)c2cccc(Cl)c2)C1c1ccccc1C. The van der Waals surface area contributed by atoms with E-state index in [1.165, 1.54) is 4.90 Å². The van der Waals surface area contributed by atoms with E-state index in [0.29, 0.717) is 30.2 Å². The molecule has 0 radical (unpaired) electrons. The first-order valence-electron chi connectivity index (χ1n) is 9.04. The maximum absolute atomic E-state index is 12.9. The molecule has 1 atom stereocenters. The fourth-order valence-electron chi connectivity index (χ4n) is 3.50. The summed E-state index contributed by atoms with van der Waals surface area (Å²) in [4.78, 5) is 27.2. The maximum Gasteiger partial charge on any atom is 0.295 e. The molecule has 3 rings (SSSR count). The van der Waals surface area contributed by atoms with Crippen molar-refractivity contribution in [3.05, 3.63) is 75.8 Å². The number of hydrogen-bond donors (Lipinski definition) is 1. The van der Waals surface area contributed by atoms with Crippen LogP contribution >= 0.6 is 11.6 Å². The Bertz CT molecular complexity index is 938. The van der Waals surface area contributed by atoms with Crippen LogP contribution in [0.15, 0.2) is 54.1 Å². The Labute approximate surface area is 169 Å². The zero-order valence-corrected chi connectivity index (χ0v) is 16.6. The number of Topliss-reactive ketones (excluding diaryl/α,β-unsaturated/α-hetero) is 1. The summed E-state index contributed by atoms with van der Waals surface area (Å²) < 4.78 is 5.09. The Morgan fingerprint density at radius 3 is 2.61 bits per heavy atom. The van der Waals surface area contributed by atoms with E-state index in [4.69, 9.17) is 16.3 Å². The highest BCUT2D eigenvalue weighted by Gasteiger charge is 2.46. The average molecular weight is 400 g/mol. The topological polar surface area (TPSA) is 66.8 Å². The molecule has 5 nitrogen and oxygen atoms in total. The monoisotopic (exact) mass is 399 g/mol. The molecule has 1 unspecified atom stereocenters. The minimum absolute atomic E-state index is 0.0824. The van der Waals surface area contributed by atoms with Crippen LogP contribution in [0.5, 0.6) is 0 Å². The van der Waals surface area contributed by atoms with E-state index in [2.05, 4.69) is 0 Å². The zero-order chi connectivity index (χ0) is 20.3. The van der Waals surface area contributed by atoms with Gasteiger partial charge in [-0.3, -0.25) is 9.59 Å². The molecule has 146 valence electrons. The number of methoxy groups -OCH3 is 1. The second-order valence-electron chi connectivity index (χ2n) is 6.71. The normalized spacial score (nSPS) is 18.7. The number of aliphatic hydroxyl groups is 1. The number of carbonyl (C=O) groups is 2. The molecule has 2 aromatic rings. The van der Waals surface area contributed by atoms with Crippen LogP contribution in [0, 0.1) is 6.92 Å². The number of ether oxygens (including phenoxy) is 1. The number of carbonyl (C=O) groups excluding carboxylic acids is 2. The third-order valence-corrected chi connectivity index (χ3v) is 5.10. The predicted octanol–water partition coefficient (Wildman–Crippen LogP) is 4.11. The molecule has 1 aliphatic rings. The van der Waals surface area contributed by atoms with Gasteiger partial charge in [-0.1, -0.05) is 48.0 Å². The predicted molar refractivity (Wildman–Crippen MR) is 108 cm³/mol. The number of amides is 1. The van der Waals surface area contributed by atoms with Crippen molar-refractivity contribution in [3.8, 4) is 0 Å². The Hall–Kier alpha value is -2.63. The standard InChI is InChI=1S/C22H22ClNO4/c1-14-7-3-4-10-17(14)19-18(20(25)15-8-5-9-16(23)13-15)21(26)22(27)24(19)11-6-12-28-2/h3-5,7-10,13,19,25H,6,11-12H2,1-2H3/b20-18+. The van der Waals surface area contributed by atoms with E-state index in [9.17, 15) is 14.7 Å². The first-order valence-corrected chi connectivity index (χ1v) is 9.42. The number of halogens is 1. The number of aryl methyl sites for hydroxylation is 1. The summed E-state index contributed by atoms with van der Waals surface area (Å²) in [6.07, 6.45) is 0.586. The summed E-state index contributed by atoms with van der Waals surface area (Å²) in [6, 6.07) is 13.5. The summed E-state index contributed by atoms with van der Waals surface area (Å²) in [5.74, 6) is -1.53. The summed E-state index contributed by atoms with van der Waals surface area (Å²) in [7, 11) is 1.59. The molecule has 1 heterocycles. The largest absolute Gasteiger partial charge is 0.507 e. The molecule has 0 bridgehead atoms. The molecule has 1 saturated heterocycles. The lowest BCUT2D eigenvalue weighted by Crippen LogP contribution is -2.31. The van der Waals surface area contributed by atoms with Crippen molar-refractivity contribution in [1.82, 2.24) is 4.90 Å². The van der Waals surface area contributed by atoms with Crippen molar-refractivity contribution in [2.24, 2.45) is 0 Å². The van der Waals surface area contributed by atoms with Crippen molar-refractivity contribution in [1.29, 1.82) is 0 Å². The van der Waals surface area contributed by atoms with Crippen LogP contribution in [0.25, 0.3) is 5.76 Å². The van der Waals surface area contributed by atoms with Gasteiger partial charge in [-0.05, 0) is 36.6 Å². The molecule has 2 aromatic carbocycles. The fourth-order valence-corrected chi connectivity index (χ4v) is 3.69. The van der Waals surface area contributed by atoms with Gasteiger partial charge in [0.05, 0.1) is 11.6 Å². The fraction of sp³-hybridized carbons (Fsp3) is 0.273. The second kappa shape index (κ2) is 8.59. The van der Waals surface area contributed by atoms with E-state index in [1.807, 2.05) is 31.2 Å². The third kappa shape index (κ3) is 3.81. The molecule has 28 heavy (non-hydrogen) atoms. The summed E-state index contributed by atoms with van der Waals surface area (Å²) in [5, 5.41) is 11.4. The molecular weight excluding hydrogens is 378 g/mol. The van der Waals surface area contributed by atoms with Crippen LogP contribution in [0.2, 0.25) is 5.02 Å². The summed E-state index contributed by atoms with van der Waals surface area (Å²) in [5.41, 5.74) is 2.23. The third-order valence-electron chi connectivity index (χ3n) is 4.87. The molecule has 1 amide bonds. The van der Waals surface area contributed by atoms with E-state index < -0.39 is 17.7 Å². The summed E-state index contributed by atoms with van der Waals surface area (Å²) in [6.45, 7) is 2.74. The lowest BCUT2D eigenvalue weighted by Gasteiger charge is -2.26. The highest BCUT2D eigenvalue weighted by molar-refractivity contribution is 6.46. The minimum atomic E-state index is -0.692. The van der Waals surface area contributed by atoms with Crippen LogP contribution in [-0.4, -0.2) is 42.0 Å². The van der Waals surface area contributed by atoms with E-state index in [0.717, 1.165) is 11.1 Å². The van der Waals surface area contributed by atoms with Crippen LogP contribution in [-0.2, 0) is 14.3 Å². The Balaban J connectivity index is 2.15. The van der Waals surface area contributed by atoms with Crippen molar-refractivity contribution >= 4 is 29.1 Å². The van der Waals surface area contributed by atoms with Gasteiger partial charge in [0.25, 0.3) is 11.7 Å². The van der Waals surface area contributed by atoms with Crippen LogP contribution in [0.4, 0.5) is 0 Å². The lowest BCUT2D eigenvalue weighted by atomic mass is 9.92. The number of ketones is 1. The van der Waals surface area contributed by atoms with Crippen molar-refractivity contribution in [2.45, 2.75) is 19.4 Å². The van der Waals surface area contributed by atoms with Crippen LogP contribution in [0.1, 0.15) is 29.2 Å². The number of aliphatic hydroxyl groups excluding tert-OH is 1. The Morgan fingerprint density at radius 1 is 1.18 bits per heavy atom. The van der Waals surface area contributed by atoms with Gasteiger partial charge in [0, 0.05) is 30.8 Å². The zero-order valence-electron chi connectivity index (χ0n) is 15.8. The van der Waals surface area contributed by atoms with Crippen molar-refractivity contribution in [3.63, 3.8) is 0 Å². The molecule has 0 spiro atoms. The molecule has 1 aliphatic heterocycles. The Morgan fingerprint density at radius 2 is 1.93 bits per heavy atom.